The molecule has 1 saturated heterocycles. The first kappa shape index (κ1) is 15.1. The van der Waals surface area contributed by atoms with Crippen molar-refractivity contribution in [3.63, 3.8) is 0 Å². The molecule has 2 rings (SSSR count). The summed E-state index contributed by atoms with van der Waals surface area (Å²) in [5, 5.41) is 50.4. The lowest BCUT2D eigenvalue weighted by molar-refractivity contribution is -0.991. The lowest BCUT2D eigenvalue weighted by atomic mass is 10.0. The van der Waals surface area contributed by atoms with Crippen LogP contribution in [0.15, 0.2) is 18.2 Å². The van der Waals surface area contributed by atoms with E-state index in [2.05, 4.69) is 5.32 Å². The molecule has 8 nitrogen and oxygen atoms in total. The molecule has 6 N–H and O–H groups in total. The average Bonchev–Trinajstić information content (AvgIpc) is 2.41. The van der Waals surface area contributed by atoms with Gasteiger partial charge in [0, 0.05) is 17.8 Å². The second kappa shape index (κ2) is 6.02. The zero-order valence-electron chi connectivity index (χ0n) is 10.9. The van der Waals surface area contributed by atoms with Crippen molar-refractivity contribution in [3.8, 4) is 0 Å². The summed E-state index contributed by atoms with van der Waals surface area (Å²) in [4.78, 5) is 0. The molecule has 1 unspecified atom stereocenters. The number of hydrogen-bond donors (Lipinski definition) is 6. The van der Waals surface area contributed by atoms with Crippen molar-refractivity contribution < 1.29 is 30.5 Å². The van der Waals surface area contributed by atoms with E-state index in [4.69, 9.17) is 9.94 Å². The third-order valence-electron chi connectivity index (χ3n) is 3.28. The van der Waals surface area contributed by atoms with Gasteiger partial charge in [0.15, 0.2) is 11.9 Å². The normalized spacial score (nSPS) is 31.9. The van der Waals surface area contributed by atoms with Crippen molar-refractivity contribution in [3.05, 3.63) is 29.0 Å². The van der Waals surface area contributed by atoms with Gasteiger partial charge >= 0.3 is 0 Å². The number of anilines is 1. The van der Waals surface area contributed by atoms with Gasteiger partial charge in [0.2, 0.25) is 0 Å². The molecule has 1 aliphatic rings. The standard InChI is InChI=1S/C12H18N2O6/c1-6-2-3-7(14(18)19)4-8(6)13-12-11(17)10(16)9(15)5-20-12/h2-4,9-18H,5H2,1H3/t9-,10-,11-,12+/m1/s1. The lowest BCUT2D eigenvalue weighted by Crippen LogP contribution is -2.99. The number of aliphatic hydroxyl groups is 3. The van der Waals surface area contributed by atoms with E-state index in [0.717, 1.165) is 5.56 Å². The molecule has 1 aromatic rings. The number of benzene rings is 1. The number of nitrogens with one attached hydrogen (secondary N) is 2. The minimum absolute atomic E-state index is 0.101. The molecule has 0 bridgehead atoms. The fourth-order valence-electron chi connectivity index (χ4n) is 2.00. The van der Waals surface area contributed by atoms with Crippen LogP contribution in [0.1, 0.15) is 5.56 Å². The fourth-order valence-corrected chi connectivity index (χ4v) is 2.00. The minimum Gasteiger partial charge on any atom is -0.595 e. The number of hydrogen-bond acceptors (Lipinski definition) is 7. The molecule has 8 heteroatoms. The van der Waals surface area contributed by atoms with Gasteiger partial charge in [-0.1, -0.05) is 6.07 Å². The molecular weight excluding hydrogens is 268 g/mol. The Morgan fingerprint density at radius 1 is 1.30 bits per heavy atom. The molecule has 1 aliphatic heterocycles. The van der Waals surface area contributed by atoms with Gasteiger partial charge < -0.3 is 30.6 Å². The fraction of sp³-hybridized carbons (Fsp3) is 0.500. The minimum atomic E-state index is -1.32. The zero-order chi connectivity index (χ0) is 14.9. The van der Waals surface area contributed by atoms with Gasteiger partial charge in [0.1, 0.15) is 18.3 Å². The highest BCUT2D eigenvalue weighted by molar-refractivity contribution is 5.57. The van der Waals surface area contributed by atoms with Crippen molar-refractivity contribution in [1.29, 1.82) is 0 Å². The Labute approximate surface area is 115 Å². The maximum Gasteiger partial charge on any atom is 0.165 e. The van der Waals surface area contributed by atoms with Crippen LogP contribution >= 0.6 is 0 Å². The summed E-state index contributed by atoms with van der Waals surface area (Å²) in [6.07, 6.45) is -4.69. The Morgan fingerprint density at radius 3 is 2.65 bits per heavy atom. The third-order valence-corrected chi connectivity index (χ3v) is 3.28. The average molecular weight is 286 g/mol. The van der Waals surface area contributed by atoms with Crippen molar-refractivity contribution in [2.75, 3.05) is 11.9 Å². The smallest absolute Gasteiger partial charge is 0.165 e. The molecule has 0 amide bonds. The Kier molecular flexibility index (Phi) is 4.55. The van der Waals surface area contributed by atoms with Crippen LogP contribution in [0.2, 0.25) is 0 Å². The highest BCUT2D eigenvalue weighted by Crippen LogP contribution is 2.23. The van der Waals surface area contributed by atoms with Gasteiger partial charge in [-0.3, -0.25) is 0 Å². The molecule has 1 aromatic carbocycles. The maximum absolute atomic E-state index is 10.9. The number of aliphatic hydroxyl groups excluding tert-OH is 3. The van der Waals surface area contributed by atoms with Crippen molar-refractivity contribution in [1.82, 2.24) is 0 Å². The van der Waals surface area contributed by atoms with Gasteiger partial charge in [0.25, 0.3) is 0 Å². The molecule has 112 valence electrons. The van der Waals surface area contributed by atoms with Gasteiger partial charge in [-0.25, -0.2) is 5.21 Å². The summed E-state index contributed by atoms with van der Waals surface area (Å²) < 4.78 is 5.21. The molecule has 1 fully saturated rings. The van der Waals surface area contributed by atoms with Crippen molar-refractivity contribution >= 4 is 11.4 Å². The first-order valence-corrected chi connectivity index (χ1v) is 6.16. The Morgan fingerprint density at radius 2 is 2.00 bits per heavy atom. The molecule has 20 heavy (non-hydrogen) atoms. The van der Waals surface area contributed by atoms with E-state index in [1.54, 1.807) is 13.0 Å². The van der Waals surface area contributed by atoms with Crippen LogP contribution in [0, 0.1) is 12.1 Å². The van der Waals surface area contributed by atoms with Crippen molar-refractivity contribution in [2.45, 2.75) is 31.5 Å². The summed E-state index contributed by atoms with van der Waals surface area (Å²) in [6.45, 7) is 1.65. The van der Waals surface area contributed by atoms with Crippen molar-refractivity contribution in [2.24, 2.45) is 0 Å². The molecule has 0 saturated carbocycles. The predicted molar refractivity (Wildman–Crippen MR) is 68.3 cm³/mol. The van der Waals surface area contributed by atoms with Gasteiger partial charge in [-0.15, -0.1) is 0 Å². The SMILES string of the molecule is Cc1ccc([NH+]([O-])O)cc1N[C@H]1OC[C@@H](O)[C@@H](O)[C@H]1O. The summed E-state index contributed by atoms with van der Waals surface area (Å²) in [7, 11) is 0. The Balaban J connectivity index is 2.15. The van der Waals surface area contributed by atoms with Gasteiger partial charge in [0.05, 0.1) is 6.61 Å². The molecule has 5 atom stereocenters. The van der Waals surface area contributed by atoms with Crippen LogP contribution in [0.25, 0.3) is 0 Å². The van der Waals surface area contributed by atoms with E-state index in [0.29, 0.717) is 5.69 Å². The van der Waals surface area contributed by atoms with E-state index in [-0.39, 0.29) is 12.3 Å². The van der Waals surface area contributed by atoms with E-state index >= 15 is 0 Å². The molecule has 0 spiro atoms. The Bertz CT molecular complexity index is 469. The van der Waals surface area contributed by atoms with E-state index in [1.165, 1.54) is 12.1 Å². The third kappa shape index (κ3) is 3.07. The van der Waals surface area contributed by atoms with E-state index in [1.807, 2.05) is 0 Å². The molecule has 1 heterocycles. The van der Waals surface area contributed by atoms with Crippen LogP contribution in [0.5, 0.6) is 0 Å². The van der Waals surface area contributed by atoms with Crippen LogP contribution < -0.4 is 10.5 Å². The number of ether oxygens (including phenoxy) is 1. The predicted octanol–water partition coefficient (Wildman–Crippen LogP) is -1.75. The van der Waals surface area contributed by atoms with Crippen LogP contribution in [0.3, 0.4) is 0 Å². The highest BCUT2D eigenvalue weighted by Gasteiger charge is 2.37. The van der Waals surface area contributed by atoms with Gasteiger partial charge in [-0.05, 0) is 12.5 Å². The summed E-state index contributed by atoms with van der Waals surface area (Å²) in [5.41, 5.74) is 1.35. The Hall–Kier alpha value is -1.26. The monoisotopic (exact) mass is 286 g/mol. The molecule has 0 radical (unpaired) electrons. The maximum atomic E-state index is 10.9. The molecular formula is C12H18N2O6. The first-order valence-electron chi connectivity index (χ1n) is 6.16. The highest BCUT2D eigenvalue weighted by atomic mass is 16.8. The van der Waals surface area contributed by atoms with E-state index < -0.39 is 29.8 Å². The van der Waals surface area contributed by atoms with Crippen LogP contribution in [-0.4, -0.2) is 51.7 Å². The second-order valence-electron chi connectivity index (χ2n) is 4.78. The van der Waals surface area contributed by atoms with E-state index in [9.17, 15) is 20.5 Å². The molecule has 0 aromatic heterocycles. The second-order valence-corrected chi connectivity index (χ2v) is 4.78. The zero-order valence-corrected chi connectivity index (χ0v) is 10.9. The van der Waals surface area contributed by atoms with Crippen LogP contribution in [0.4, 0.5) is 11.4 Å². The summed E-state index contributed by atoms with van der Waals surface area (Å²) in [6, 6.07) is 4.52. The quantitative estimate of drug-likeness (QED) is 0.363. The topological polar surface area (TPSA) is 130 Å². The lowest BCUT2D eigenvalue weighted by Gasteiger charge is -2.36. The molecule has 0 aliphatic carbocycles. The number of quaternary nitrogens is 1. The largest absolute Gasteiger partial charge is 0.595 e. The number of aryl methyl sites for hydroxylation is 1. The van der Waals surface area contributed by atoms with Crippen LogP contribution in [-0.2, 0) is 4.74 Å². The van der Waals surface area contributed by atoms with Gasteiger partial charge in [-0.2, -0.15) is 5.23 Å². The number of rotatable bonds is 3. The first-order chi connectivity index (χ1) is 9.40. The summed E-state index contributed by atoms with van der Waals surface area (Å²) in [5.74, 6) is 0. The summed E-state index contributed by atoms with van der Waals surface area (Å²) >= 11 is 0.